The third-order valence-corrected chi connectivity index (χ3v) is 4.73. The third-order valence-electron chi connectivity index (χ3n) is 4.20. The molecule has 1 unspecified atom stereocenters. The molecular formula is C18H16BrN6O+. The van der Waals surface area contributed by atoms with Crippen LogP contribution in [0.25, 0.3) is 0 Å². The van der Waals surface area contributed by atoms with Crippen LogP contribution in [0.5, 0.6) is 0 Å². The summed E-state index contributed by atoms with van der Waals surface area (Å²) in [6.07, 6.45) is 4.89. The number of aromatic nitrogens is 4. The number of anilines is 2. The summed E-state index contributed by atoms with van der Waals surface area (Å²) < 4.78 is 2.82. The van der Waals surface area contributed by atoms with Gasteiger partial charge < -0.3 is 5.32 Å². The van der Waals surface area contributed by atoms with Crippen molar-refractivity contribution in [3.8, 4) is 0 Å². The maximum Gasteiger partial charge on any atom is 0.416 e. The number of allylic oxidation sites excluding steroid dienone is 1. The molecule has 0 radical (unpaired) electrons. The minimum absolute atomic E-state index is 0.191. The first-order valence-corrected chi connectivity index (χ1v) is 8.82. The van der Waals surface area contributed by atoms with E-state index >= 15 is 0 Å². The van der Waals surface area contributed by atoms with Crippen molar-refractivity contribution in [3.05, 3.63) is 76.4 Å². The van der Waals surface area contributed by atoms with Gasteiger partial charge in [0, 0.05) is 10.7 Å². The highest BCUT2D eigenvalue weighted by molar-refractivity contribution is 9.10. The summed E-state index contributed by atoms with van der Waals surface area (Å²) in [5.74, 6) is 0.469. The fraction of sp³-hybridized carbons (Fsp3) is 0.111. The van der Waals surface area contributed by atoms with Crippen LogP contribution in [-0.2, 0) is 4.79 Å². The van der Waals surface area contributed by atoms with E-state index in [2.05, 4.69) is 41.6 Å². The summed E-state index contributed by atoms with van der Waals surface area (Å²) in [6, 6.07) is 11.2. The summed E-state index contributed by atoms with van der Waals surface area (Å²) in [4.78, 5) is 21.4. The molecule has 0 saturated heterocycles. The van der Waals surface area contributed by atoms with Gasteiger partial charge in [0.05, 0.1) is 23.2 Å². The molecule has 3 N–H and O–H groups in total. The summed E-state index contributed by atoms with van der Waals surface area (Å²) >= 11 is 3.46. The lowest BCUT2D eigenvalue weighted by atomic mass is 9.95. The Labute approximate surface area is 158 Å². The van der Waals surface area contributed by atoms with Gasteiger partial charge in [-0.25, -0.2) is 10.4 Å². The number of rotatable bonds is 3. The number of benzene rings is 1. The average molecular weight is 412 g/mol. The molecule has 3 heterocycles. The first kappa shape index (κ1) is 16.5. The number of nitrogens with one attached hydrogen (secondary N) is 3. The normalized spacial score (nSPS) is 16.0. The van der Waals surface area contributed by atoms with E-state index in [-0.39, 0.29) is 11.9 Å². The average Bonchev–Trinajstić information content (AvgIpc) is 3.10. The molecule has 7 nitrogen and oxygen atoms in total. The highest BCUT2D eigenvalue weighted by Gasteiger charge is 2.38. The molecule has 1 aliphatic rings. The second-order valence-electron chi connectivity index (χ2n) is 5.89. The summed E-state index contributed by atoms with van der Waals surface area (Å²) in [5.41, 5.74) is 2.98. The zero-order valence-corrected chi connectivity index (χ0v) is 15.5. The summed E-state index contributed by atoms with van der Waals surface area (Å²) in [5, 5.41) is 9.20. The molecule has 1 amide bonds. The summed E-state index contributed by atoms with van der Waals surface area (Å²) in [6.45, 7) is 1.88. The number of fused-ring (bicyclic) bond motifs is 1. The highest BCUT2D eigenvalue weighted by Crippen LogP contribution is 2.30. The van der Waals surface area contributed by atoms with Crippen molar-refractivity contribution in [2.24, 2.45) is 0 Å². The molecule has 1 aromatic carbocycles. The predicted molar refractivity (Wildman–Crippen MR) is 100 cm³/mol. The number of hydrogen-bond acceptors (Lipinski definition) is 4. The molecule has 0 spiro atoms. The Morgan fingerprint density at radius 2 is 2.08 bits per heavy atom. The van der Waals surface area contributed by atoms with Gasteiger partial charge in [-0.1, -0.05) is 33.0 Å². The topological polar surface area (TPSA) is 86.6 Å². The van der Waals surface area contributed by atoms with E-state index in [0.29, 0.717) is 17.2 Å². The summed E-state index contributed by atoms with van der Waals surface area (Å²) in [7, 11) is 0. The molecule has 8 heteroatoms. The van der Waals surface area contributed by atoms with Gasteiger partial charge in [0.25, 0.3) is 5.91 Å². The second-order valence-corrected chi connectivity index (χ2v) is 6.81. The Bertz CT molecular complexity index is 980. The Morgan fingerprint density at radius 1 is 1.27 bits per heavy atom. The minimum Gasteiger partial charge on any atom is -0.321 e. The molecule has 0 saturated carbocycles. The van der Waals surface area contributed by atoms with Crippen LogP contribution in [0, 0.1) is 0 Å². The van der Waals surface area contributed by atoms with Crippen molar-refractivity contribution in [2.45, 2.75) is 13.0 Å². The van der Waals surface area contributed by atoms with Crippen LogP contribution in [0.4, 0.5) is 11.6 Å². The molecule has 0 aliphatic carbocycles. The van der Waals surface area contributed by atoms with Crippen molar-refractivity contribution < 1.29 is 9.48 Å². The lowest BCUT2D eigenvalue weighted by Crippen LogP contribution is -2.50. The number of carbonyl (C=O) groups is 1. The number of hydrogen-bond donors (Lipinski definition) is 3. The maximum absolute atomic E-state index is 13.1. The number of nitrogens with zero attached hydrogens (tertiary/aromatic N) is 3. The molecule has 0 fully saturated rings. The van der Waals surface area contributed by atoms with Crippen molar-refractivity contribution in [3.63, 3.8) is 0 Å². The minimum atomic E-state index is -0.321. The van der Waals surface area contributed by atoms with Crippen LogP contribution in [-0.4, -0.2) is 21.0 Å². The van der Waals surface area contributed by atoms with E-state index in [4.69, 9.17) is 0 Å². The molecule has 26 heavy (non-hydrogen) atoms. The van der Waals surface area contributed by atoms with E-state index < -0.39 is 0 Å². The van der Waals surface area contributed by atoms with E-state index in [1.54, 1.807) is 30.9 Å². The predicted octanol–water partition coefficient (Wildman–Crippen LogP) is 2.78. The van der Waals surface area contributed by atoms with Crippen LogP contribution in [0.15, 0.2) is 70.9 Å². The SMILES string of the molecule is CC1=C(C(=O)Nc2cccnc2)C(c2ccc(Br)cc2)[n+]2[nH]cnc2N1. The largest absolute Gasteiger partial charge is 0.416 e. The fourth-order valence-corrected chi connectivity index (χ4v) is 3.29. The van der Waals surface area contributed by atoms with Crippen LogP contribution < -0.4 is 15.3 Å². The lowest BCUT2D eigenvalue weighted by Gasteiger charge is -2.24. The van der Waals surface area contributed by atoms with Gasteiger partial charge in [0.2, 0.25) is 0 Å². The zero-order chi connectivity index (χ0) is 18.1. The first-order valence-electron chi connectivity index (χ1n) is 8.03. The van der Waals surface area contributed by atoms with Crippen LogP contribution in [0.2, 0.25) is 0 Å². The smallest absolute Gasteiger partial charge is 0.321 e. The van der Waals surface area contributed by atoms with Gasteiger partial charge in [-0.15, -0.1) is 4.68 Å². The number of H-pyrrole nitrogens is 1. The first-order chi connectivity index (χ1) is 12.6. The third kappa shape index (κ3) is 2.99. The molecule has 1 aliphatic heterocycles. The van der Waals surface area contributed by atoms with Gasteiger partial charge in [0.15, 0.2) is 12.4 Å². The highest BCUT2D eigenvalue weighted by atomic mass is 79.9. The number of pyridine rings is 1. The van der Waals surface area contributed by atoms with E-state index in [1.165, 1.54) is 0 Å². The maximum atomic E-state index is 13.1. The molecule has 3 aromatic rings. The van der Waals surface area contributed by atoms with Crippen molar-refractivity contribution in [1.29, 1.82) is 0 Å². The van der Waals surface area contributed by atoms with Gasteiger partial charge in [-0.05, 0) is 36.8 Å². The van der Waals surface area contributed by atoms with E-state index in [9.17, 15) is 4.79 Å². The second kappa shape index (κ2) is 6.72. The zero-order valence-electron chi connectivity index (χ0n) is 13.9. The molecule has 1 atom stereocenters. The Balaban J connectivity index is 1.77. The van der Waals surface area contributed by atoms with Crippen LogP contribution >= 0.6 is 15.9 Å². The Kier molecular flexibility index (Phi) is 4.26. The van der Waals surface area contributed by atoms with E-state index in [0.717, 1.165) is 15.7 Å². The number of halogens is 1. The molecule has 0 bridgehead atoms. The standard InChI is InChI=1S/C18H15BrN6O/c1-11-15(17(26)24-14-3-2-8-20-9-14)16(12-4-6-13(19)7-5-12)25-18(23-11)21-10-22-25/h2-10,16H,1H3,(H2,21,22,23,24,26)/p+1. The number of amides is 1. The van der Waals surface area contributed by atoms with Crippen molar-refractivity contribution in [2.75, 3.05) is 10.6 Å². The Morgan fingerprint density at radius 3 is 2.81 bits per heavy atom. The number of carbonyl (C=O) groups excluding carboxylic acids is 1. The van der Waals surface area contributed by atoms with E-state index in [1.807, 2.05) is 35.9 Å². The van der Waals surface area contributed by atoms with Gasteiger partial charge >= 0.3 is 5.95 Å². The number of aromatic amines is 1. The van der Waals surface area contributed by atoms with Gasteiger partial charge in [-0.2, -0.15) is 0 Å². The Hall–Kier alpha value is -3.00. The van der Waals surface area contributed by atoms with Crippen molar-refractivity contribution >= 4 is 33.5 Å². The van der Waals surface area contributed by atoms with Crippen molar-refractivity contribution in [1.82, 2.24) is 15.1 Å². The van der Waals surface area contributed by atoms with Gasteiger partial charge in [0.1, 0.15) is 0 Å². The monoisotopic (exact) mass is 411 g/mol. The quantitative estimate of drug-likeness (QED) is 0.578. The molecule has 2 aromatic heterocycles. The molecule has 130 valence electrons. The van der Waals surface area contributed by atoms with Crippen LogP contribution in [0.1, 0.15) is 18.5 Å². The van der Waals surface area contributed by atoms with Gasteiger partial charge in [-0.3, -0.25) is 9.78 Å². The van der Waals surface area contributed by atoms with Crippen LogP contribution in [0.3, 0.4) is 0 Å². The fourth-order valence-electron chi connectivity index (χ4n) is 3.02. The lowest BCUT2D eigenvalue weighted by molar-refractivity contribution is -0.746. The molecule has 4 rings (SSSR count). The molecular weight excluding hydrogens is 396 g/mol.